The molecule has 126 valence electrons. The predicted octanol–water partition coefficient (Wildman–Crippen LogP) is 4.14. The molecule has 3 rings (SSSR count). The quantitative estimate of drug-likeness (QED) is 0.906. The number of carbonyl (C=O) groups is 1. The fourth-order valence-electron chi connectivity index (χ4n) is 2.87. The van der Waals surface area contributed by atoms with E-state index in [4.69, 9.17) is 21.1 Å². The Kier molecular flexibility index (Phi) is 4.67. The molecule has 2 aromatic carbocycles. The number of para-hydroxylation sites is 2. The molecule has 0 fully saturated rings. The Labute approximate surface area is 146 Å². The Morgan fingerprint density at radius 1 is 1.25 bits per heavy atom. The molecule has 0 radical (unpaired) electrons. The second kappa shape index (κ2) is 6.73. The Balaban J connectivity index is 1.67. The summed E-state index contributed by atoms with van der Waals surface area (Å²) in [6.45, 7) is 3.95. The summed E-state index contributed by atoms with van der Waals surface area (Å²) < 4.78 is 11.5. The molecule has 5 heteroatoms. The minimum Gasteiger partial charge on any atom is -0.487 e. The van der Waals surface area contributed by atoms with E-state index < -0.39 is 0 Å². The molecule has 0 saturated carbocycles. The first-order valence-corrected chi connectivity index (χ1v) is 8.27. The highest BCUT2D eigenvalue weighted by Crippen LogP contribution is 2.39. The standard InChI is InChI=1S/C19H20ClNO3/c1-19(2)11-15(13-7-3-5-9-16(13)24-19)21-18(22)12-23-17-10-6-4-8-14(17)20/h3-10,15H,11-12H2,1-2H3,(H,21,22)/t15-/m0/s1. The second-order valence-corrected chi connectivity index (χ2v) is 6.85. The minimum atomic E-state index is -0.337. The van der Waals surface area contributed by atoms with Crippen LogP contribution in [0.5, 0.6) is 11.5 Å². The van der Waals surface area contributed by atoms with E-state index in [9.17, 15) is 4.79 Å². The number of fused-ring (bicyclic) bond motifs is 1. The van der Waals surface area contributed by atoms with E-state index >= 15 is 0 Å². The van der Waals surface area contributed by atoms with Crippen LogP contribution in [0.15, 0.2) is 48.5 Å². The number of hydrogen-bond acceptors (Lipinski definition) is 3. The van der Waals surface area contributed by atoms with Crippen LogP contribution in [-0.2, 0) is 4.79 Å². The molecule has 2 aromatic rings. The first-order valence-electron chi connectivity index (χ1n) is 7.89. The van der Waals surface area contributed by atoms with E-state index in [-0.39, 0.29) is 24.2 Å². The van der Waals surface area contributed by atoms with Crippen molar-refractivity contribution < 1.29 is 14.3 Å². The van der Waals surface area contributed by atoms with Crippen molar-refractivity contribution in [3.63, 3.8) is 0 Å². The molecule has 4 nitrogen and oxygen atoms in total. The topological polar surface area (TPSA) is 47.6 Å². The van der Waals surface area contributed by atoms with E-state index in [2.05, 4.69) is 5.32 Å². The van der Waals surface area contributed by atoms with Crippen molar-refractivity contribution in [1.82, 2.24) is 5.32 Å². The number of benzene rings is 2. The summed E-state index contributed by atoms with van der Waals surface area (Å²) in [7, 11) is 0. The highest BCUT2D eigenvalue weighted by Gasteiger charge is 2.34. The minimum absolute atomic E-state index is 0.0797. The first-order chi connectivity index (χ1) is 11.4. The van der Waals surface area contributed by atoms with Crippen LogP contribution in [0.25, 0.3) is 0 Å². The van der Waals surface area contributed by atoms with Crippen molar-refractivity contribution >= 4 is 17.5 Å². The maximum absolute atomic E-state index is 12.3. The lowest BCUT2D eigenvalue weighted by Gasteiger charge is -2.37. The van der Waals surface area contributed by atoms with Gasteiger partial charge in [0.1, 0.15) is 17.1 Å². The van der Waals surface area contributed by atoms with Crippen molar-refractivity contribution in [2.45, 2.75) is 31.9 Å². The highest BCUT2D eigenvalue weighted by atomic mass is 35.5. The first kappa shape index (κ1) is 16.7. The molecule has 0 aliphatic carbocycles. The lowest BCUT2D eigenvalue weighted by Crippen LogP contribution is -2.42. The summed E-state index contributed by atoms with van der Waals surface area (Å²) in [5, 5.41) is 3.52. The summed E-state index contributed by atoms with van der Waals surface area (Å²) in [4.78, 5) is 12.3. The van der Waals surface area contributed by atoms with Crippen LogP contribution in [0.4, 0.5) is 0 Å². The molecule has 1 heterocycles. The average Bonchev–Trinajstić information content (AvgIpc) is 2.53. The van der Waals surface area contributed by atoms with Gasteiger partial charge in [-0.15, -0.1) is 0 Å². The van der Waals surface area contributed by atoms with Gasteiger partial charge in [-0.05, 0) is 32.0 Å². The Morgan fingerprint density at radius 2 is 1.96 bits per heavy atom. The summed E-state index contributed by atoms with van der Waals surface area (Å²) in [6.07, 6.45) is 0.696. The third kappa shape index (κ3) is 3.82. The van der Waals surface area contributed by atoms with Gasteiger partial charge >= 0.3 is 0 Å². The van der Waals surface area contributed by atoms with Crippen LogP contribution >= 0.6 is 11.6 Å². The lowest BCUT2D eigenvalue weighted by molar-refractivity contribution is -0.124. The van der Waals surface area contributed by atoms with Gasteiger partial charge in [-0.2, -0.15) is 0 Å². The van der Waals surface area contributed by atoms with Gasteiger partial charge in [-0.1, -0.05) is 41.9 Å². The number of hydrogen-bond donors (Lipinski definition) is 1. The van der Waals surface area contributed by atoms with Crippen molar-refractivity contribution in [3.05, 3.63) is 59.1 Å². The maximum Gasteiger partial charge on any atom is 0.258 e. The van der Waals surface area contributed by atoms with Gasteiger partial charge in [-0.3, -0.25) is 4.79 Å². The summed E-state index contributed by atoms with van der Waals surface area (Å²) >= 11 is 6.03. The molecule has 1 N–H and O–H groups in total. The molecule has 0 aromatic heterocycles. The molecule has 0 bridgehead atoms. The van der Waals surface area contributed by atoms with Crippen molar-refractivity contribution in [3.8, 4) is 11.5 Å². The largest absolute Gasteiger partial charge is 0.487 e. The maximum atomic E-state index is 12.3. The zero-order chi connectivity index (χ0) is 17.2. The van der Waals surface area contributed by atoms with Crippen molar-refractivity contribution in [2.24, 2.45) is 0 Å². The molecule has 24 heavy (non-hydrogen) atoms. The van der Waals surface area contributed by atoms with Crippen LogP contribution in [0, 0.1) is 0 Å². The van der Waals surface area contributed by atoms with Crippen molar-refractivity contribution in [2.75, 3.05) is 6.61 Å². The predicted molar refractivity (Wildman–Crippen MR) is 93.6 cm³/mol. The third-order valence-corrected chi connectivity index (χ3v) is 4.22. The molecule has 1 aliphatic rings. The zero-order valence-corrected chi connectivity index (χ0v) is 14.5. The summed E-state index contributed by atoms with van der Waals surface area (Å²) in [5.74, 6) is 1.13. The Hall–Kier alpha value is -2.20. The van der Waals surface area contributed by atoms with E-state index in [1.165, 1.54) is 0 Å². The third-order valence-electron chi connectivity index (χ3n) is 3.91. The molecule has 1 aliphatic heterocycles. The molecule has 0 saturated heterocycles. The number of halogens is 1. The molecule has 1 atom stereocenters. The smallest absolute Gasteiger partial charge is 0.258 e. The second-order valence-electron chi connectivity index (χ2n) is 6.44. The number of amides is 1. The van der Waals surface area contributed by atoms with Crippen LogP contribution < -0.4 is 14.8 Å². The number of carbonyl (C=O) groups excluding carboxylic acids is 1. The summed E-state index contributed by atoms with van der Waals surface area (Å²) in [6, 6.07) is 14.8. The van der Waals surface area contributed by atoms with Gasteiger partial charge in [0.15, 0.2) is 6.61 Å². The fraction of sp³-hybridized carbons (Fsp3) is 0.316. The Morgan fingerprint density at radius 3 is 2.75 bits per heavy atom. The van der Waals surface area contributed by atoms with Crippen LogP contribution in [0.3, 0.4) is 0 Å². The van der Waals surface area contributed by atoms with Gasteiger partial charge in [0.05, 0.1) is 11.1 Å². The van der Waals surface area contributed by atoms with Crippen LogP contribution in [0.1, 0.15) is 31.9 Å². The van der Waals surface area contributed by atoms with E-state index in [0.29, 0.717) is 17.2 Å². The normalized spacial score (nSPS) is 18.2. The molecule has 0 spiro atoms. The van der Waals surface area contributed by atoms with Gasteiger partial charge in [-0.25, -0.2) is 0 Å². The molecular weight excluding hydrogens is 326 g/mol. The lowest BCUT2D eigenvalue weighted by atomic mass is 9.90. The van der Waals surface area contributed by atoms with E-state index in [1.54, 1.807) is 12.1 Å². The van der Waals surface area contributed by atoms with Crippen molar-refractivity contribution in [1.29, 1.82) is 0 Å². The SMILES string of the molecule is CC1(C)C[C@H](NC(=O)COc2ccccc2Cl)c2ccccc2O1. The molecule has 1 amide bonds. The van der Waals surface area contributed by atoms with Gasteiger partial charge in [0.2, 0.25) is 0 Å². The monoisotopic (exact) mass is 345 g/mol. The van der Waals surface area contributed by atoms with E-state index in [0.717, 1.165) is 11.3 Å². The van der Waals surface area contributed by atoms with Crippen LogP contribution in [-0.4, -0.2) is 18.1 Å². The van der Waals surface area contributed by atoms with Gasteiger partial charge in [0, 0.05) is 12.0 Å². The van der Waals surface area contributed by atoms with Gasteiger partial charge < -0.3 is 14.8 Å². The van der Waals surface area contributed by atoms with Gasteiger partial charge in [0.25, 0.3) is 5.91 Å². The van der Waals surface area contributed by atoms with E-state index in [1.807, 2.05) is 50.2 Å². The number of ether oxygens (including phenoxy) is 2. The highest BCUT2D eigenvalue weighted by molar-refractivity contribution is 6.32. The number of rotatable bonds is 4. The molecule has 0 unspecified atom stereocenters. The summed E-state index contributed by atoms with van der Waals surface area (Å²) in [5.41, 5.74) is 0.651. The number of nitrogens with one attached hydrogen (secondary N) is 1. The molecular formula is C19H20ClNO3. The average molecular weight is 346 g/mol. The Bertz CT molecular complexity index is 745. The zero-order valence-electron chi connectivity index (χ0n) is 13.7. The van der Waals surface area contributed by atoms with Crippen LogP contribution in [0.2, 0.25) is 5.02 Å². The fourth-order valence-corrected chi connectivity index (χ4v) is 3.06.